The lowest BCUT2D eigenvalue weighted by Crippen LogP contribution is -2.02. The quantitative estimate of drug-likeness (QED) is 0.499. The standard InChI is InChI=1S/C18H9N5/c1-20-17-10-12(11-19)21-18(22-17)23-15-8-4-2-6-13(15)14-7-3-5-9-16(14)23/h2-10H. The van der Waals surface area contributed by atoms with E-state index in [9.17, 15) is 0 Å². The predicted octanol–water partition coefficient (Wildman–Crippen LogP) is 4.00. The molecule has 5 nitrogen and oxygen atoms in total. The molecule has 4 rings (SSSR count). The van der Waals surface area contributed by atoms with Crippen molar-refractivity contribution in [1.29, 1.82) is 5.26 Å². The molecule has 0 aliphatic rings. The molecule has 0 unspecified atom stereocenters. The number of benzene rings is 2. The fourth-order valence-electron chi connectivity index (χ4n) is 2.77. The summed E-state index contributed by atoms with van der Waals surface area (Å²) in [5.41, 5.74) is 2.07. The summed E-state index contributed by atoms with van der Waals surface area (Å²) in [4.78, 5) is 11.9. The van der Waals surface area contributed by atoms with Crippen LogP contribution in [0.15, 0.2) is 54.6 Å². The van der Waals surface area contributed by atoms with Gasteiger partial charge in [-0.05, 0) is 12.1 Å². The zero-order valence-electron chi connectivity index (χ0n) is 11.9. The molecule has 106 valence electrons. The Hall–Kier alpha value is -3.70. The van der Waals surface area contributed by atoms with E-state index in [1.165, 1.54) is 6.07 Å². The molecule has 2 aromatic heterocycles. The van der Waals surface area contributed by atoms with Crippen molar-refractivity contribution in [3.05, 3.63) is 71.7 Å². The first-order valence-corrected chi connectivity index (χ1v) is 6.97. The number of para-hydroxylation sites is 2. The number of fused-ring (bicyclic) bond motifs is 3. The molecule has 0 aliphatic heterocycles. The Morgan fingerprint density at radius 2 is 1.57 bits per heavy atom. The average molecular weight is 295 g/mol. The lowest BCUT2D eigenvalue weighted by molar-refractivity contribution is 0.986. The van der Waals surface area contributed by atoms with Gasteiger partial charge in [-0.2, -0.15) is 10.2 Å². The van der Waals surface area contributed by atoms with Crippen LogP contribution in [-0.4, -0.2) is 14.5 Å². The SMILES string of the molecule is [C-]#[N+]c1cc(C#N)nc(-n2c3ccccc3c3ccccc32)n1. The molecule has 23 heavy (non-hydrogen) atoms. The Kier molecular flexibility index (Phi) is 2.79. The fourth-order valence-corrected chi connectivity index (χ4v) is 2.77. The van der Waals surface area contributed by atoms with Gasteiger partial charge in [-0.3, -0.25) is 4.57 Å². The van der Waals surface area contributed by atoms with Crippen LogP contribution in [0.5, 0.6) is 0 Å². The lowest BCUT2D eigenvalue weighted by Gasteiger charge is -2.03. The summed E-state index contributed by atoms with van der Waals surface area (Å²) >= 11 is 0. The monoisotopic (exact) mass is 295 g/mol. The van der Waals surface area contributed by atoms with Crippen molar-refractivity contribution in [2.45, 2.75) is 0 Å². The van der Waals surface area contributed by atoms with Crippen molar-refractivity contribution < 1.29 is 0 Å². The van der Waals surface area contributed by atoms with Crippen LogP contribution in [-0.2, 0) is 0 Å². The molecule has 0 amide bonds. The van der Waals surface area contributed by atoms with E-state index in [0.29, 0.717) is 5.95 Å². The van der Waals surface area contributed by atoms with Crippen molar-refractivity contribution in [2.75, 3.05) is 0 Å². The van der Waals surface area contributed by atoms with Crippen LogP contribution in [0, 0.1) is 17.9 Å². The normalized spacial score (nSPS) is 10.5. The number of nitriles is 1. The van der Waals surface area contributed by atoms with Gasteiger partial charge in [-0.25, -0.2) is 0 Å². The molecule has 0 atom stereocenters. The molecular formula is C18H9N5. The van der Waals surface area contributed by atoms with Gasteiger partial charge in [-0.15, -0.1) is 0 Å². The predicted molar refractivity (Wildman–Crippen MR) is 87.3 cm³/mol. The van der Waals surface area contributed by atoms with Gasteiger partial charge in [0.05, 0.1) is 11.0 Å². The highest BCUT2D eigenvalue weighted by Crippen LogP contribution is 2.31. The van der Waals surface area contributed by atoms with Gasteiger partial charge in [0.1, 0.15) is 11.8 Å². The van der Waals surface area contributed by atoms with E-state index in [-0.39, 0.29) is 11.5 Å². The van der Waals surface area contributed by atoms with Gasteiger partial charge in [0.15, 0.2) is 0 Å². The molecule has 0 saturated carbocycles. The summed E-state index contributed by atoms with van der Waals surface area (Å²) in [5.74, 6) is 0.501. The van der Waals surface area contributed by atoms with E-state index in [4.69, 9.17) is 11.8 Å². The third-order valence-electron chi connectivity index (χ3n) is 3.71. The molecular weight excluding hydrogens is 286 g/mol. The summed E-state index contributed by atoms with van der Waals surface area (Å²) < 4.78 is 1.89. The topological polar surface area (TPSA) is 58.9 Å². The van der Waals surface area contributed by atoms with Crippen LogP contribution in [0.4, 0.5) is 5.82 Å². The Morgan fingerprint density at radius 1 is 0.957 bits per heavy atom. The number of hydrogen-bond acceptors (Lipinski definition) is 3. The fraction of sp³-hybridized carbons (Fsp3) is 0. The first kappa shape index (κ1) is 13.0. The third kappa shape index (κ3) is 1.92. The van der Waals surface area contributed by atoms with Crippen molar-refractivity contribution in [1.82, 2.24) is 14.5 Å². The summed E-state index contributed by atoms with van der Waals surface area (Å²) in [6.45, 7) is 7.18. The Balaban J connectivity index is 2.17. The van der Waals surface area contributed by atoms with Crippen molar-refractivity contribution in [2.24, 2.45) is 0 Å². The van der Waals surface area contributed by atoms with Crippen molar-refractivity contribution in [3.8, 4) is 12.0 Å². The highest BCUT2D eigenvalue weighted by molar-refractivity contribution is 6.08. The summed E-state index contributed by atoms with van der Waals surface area (Å²) in [6.07, 6.45) is 0. The number of nitrogens with zero attached hydrogens (tertiary/aromatic N) is 5. The maximum atomic E-state index is 9.15. The van der Waals surface area contributed by atoms with Crippen LogP contribution in [0.25, 0.3) is 32.6 Å². The molecule has 2 aromatic carbocycles. The Labute approximate surface area is 131 Å². The molecule has 0 bridgehead atoms. The second-order valence-electron chi connectivity index (χ2n) is 5.00. The van der Waals surface area contributed by atoms with Gasteiger partial charge in [0.2, 0.25) is 0 Å². The van der Waals surface area contributed by atoms with E-state index < -0.39 is 0 Å². The molecule has 2 heterocycles. The van der Waals surface area contributed by atoms with Crippen molar-refractivity contribution in [3.63, 3.8) is 0 Å². The molecule has 0 spiro atoms. The van der Waals surface area contributed by atoms with E-state index in [0.717, 1.165) is 21.8 Å². The second kappa shape index (κ2) is 4.94. The largest absolute Gasteiger partial charge is 0.360 e. The van der Waals surface area contributed by atoms with Crippen molar-refractivity contribution >= 4 is 27.6 Å². The molecule has 0 radical (unpaired) electrons. The van der Waals surface area contributed by atoms with E-state index in [1.54, 1.807) is 0 Å². The molecule has 4 aromatic rings. The van der Waals surface area contributed by atoms with Crippen LogP contribution >= 0.6 is 0 Å². The highest BCUT2D eigenvalue weighted by atomic mass is 15.2. The average Bonchev–Trinajstić information content (AvgIpc) is 2.96. The van der Waals surface area contributed by atoms with Gasteiger partial charge >= 0.3 is 5.95 Å². The smallest absolute Gasteiger partial charge is 0.332 e. The Morgan fingerprint density at radius 3 is 2.13 bits per heavy atom. The summed E-state index contributed by atoms with van der Waals surface area (Å²) in [6, 6.07) is 19.3. The van der Waals surface area contributed by atoms with E-state index in [2.05, 4.69) is 14.8 Å². The minimum absolute atomic E-state index is 0.161. The van der Waals surface area contributed by atoms with E-state index in [1.807, 2.05) is 59.2 Å². The highest BCUT2D eigenvalue weighted by Gasteiger charge is 2.17. The molecule has 0 fully saturated rings. The molecule has 0 aliphatic carbocycles. The minimum atomic E-state index is 0.161. The summed E-state index contributed by atoms with van der Waals surface area (Å²) in [5, 5.41) is 11.3. The first-order valence-electron chi connectivity index (χ1n) is 6.97. The number of hydrogen-bond donors (Lipinski definition) is 0. The first-order chi connectivity index (χ1) is 11.3. The van der Waals surface area contributed by atoms with Crippen LogP contribution in [0.2, 0.25) is 0 Å². The van der Waals surface area contributed by atoms with Gasteiger partial charge in [0.25, 0.3) is 5.82 Å². The maximum absolute atomic E-state index is 9.15. The van der Waals surface area contributed by atoms with Crippen LogP contribution < -0.4 is 0 Å². The lowest BCUT2D eigenvalue weighted by atomic mass is 10.2. The third-order valence-corrected chi connectivity index (χ3v) is 3.71. The maximum Gasteiger partial charge on any atom is 0.332 e. The molecule has 5 heteroatoms. The van der Waals surface area contributed by atoms with Crippen LogP contribution in [0.3, 0.4) is 0 Å². The Bertz CT molecular complexity index is 1060. The molecule has 0 saturated heterocycles. The number of aromatic nitrogens is 3. The number of rotatable bonds is 1. The zero-order chi connectivity index (χ0) is 15.8. The second-order valence-corrected chi connectivity index (χ2v) is 5.00. The summed E-state index contributed by atoms with van der Waals surface area (Å²) in [7, 11) is 0. The van der Waals surface area contributed by atoms with Gasteiger partial charge in [0, 0.05) is 16.8 Å². The zero-order valence-corrected chi connectivity index (χ0v) is 11.9. The molecule has 0 N–H and O–H groups in total. The van der Waals surface area contributed by atoms with E-state index >= 15 is 0 Å². The van der Waals surface area contributed by atoms with Gasteiger partial charge < -0.3 is 4.85 Å². The minimum Gasteiger partial charge on any atom is -0.360 e. The van der Waals surface area contributed by atoms with Gasteiger partial charge in [-0.1, -0.05) is 48.0 Å². The van der Waals surface area contributed by atoms with Crippen LogP contribution in [0.1, 0.15) is 5.69 Å².